The molecule has 1 aliphatic carbocycles. The zero-order valence-corrected chi connectivity index (χ0v) is 13.1. The molecule has 1 aromatic rings. The van der Waals surface area contributed by atoms with Gasteiger partial charge in [-0.3, -0.25) is 0 Å². The Morgan fingerprint density at radius 3 is 2.35 bits per heavy atom. The predicted molar refractivity (Wildman–Crippen MR) is 84.6 cm³/mol. The van der Waals surface area contributed by atoms with Crippen molar-refractivity contribution in [2.45, 2.75) is 51.7 Å². The van der Waals surface area contributed by atoms with Crippen molar-refractivity contribution in [3.05, 3.63) is 35.9 Å². The van der Waals surface area contributed by atoms with E-state index in [4.69, 9.17) is 0 Å². The molecule has 0 aliphatic heterocycles. The Morgan fingerprint density at radius 2 is 1.75 bits per heavy atom. The van der Waals surface area contributed by atoms with E-state index in [2.05, 4.69) is 25.8 Å². The molecule has 2 nitrogen and oxygen atoms in total. The van der Waals surface area contributed by atoms with Crippen LogP contribution in [0.25, 0.3) is 0 Å². The zero-order valence-electron chi connectivity index (χ0n) is 13.1. The van der Waals surface area contributed by atoms with Crippen LogP contribution in [-0.4, -0.2) is 29.6 Å². The summed E-state index contributed by atoms with van der Waals surface area (Å²) in [5.41, 5.74) is 1.03. The fourth-order valence-corrected chi connectivity index (χ4v) is 3.37. The molecule has 112 valence electrons. The molecule has 1 N–H and O–H groups in total. The quantitative estimate of drug-likeness (QED) is 0.882. The van der Waals surface area contributed by atoms with Crippen molar-refractivity contribution in [2.75, 3.05) is 13.6 Å². The average Bonchev–Trinajstić information content (AvgIpc) is 2.48. The van der Waals surface area contributed by atoms with Gasteiger partial charge in [-0.05, 0) is 50.1 Å². The topological polar surface area (TPSA) is 23.5 Å². The van der Waals surface area contributed by atoms with Gasteiger partial charge in [0.15, 0.2) is 0 Å². The van der Waals surface area contributed by atoms with Crippen molar-refractivity contribution in [3.63, 3.8) is 0 Å². The number of aliphatic hydroxyl groups is 1. The normalized spacial score (nSPS) is 26.4. The van der Waals surface area contributed by atoms with Gasteiger partial charge in [0, 0.05) is 12.6 Å². The van der Waals surface area contributed by atoms with Crippen molar-refractivity contribution in [1.82, 2.24) is 4.90 Å². The van der Waals surface area contributed by atoms with Crippen LogP contribution in [0.4, 0.5) is 0 Å². The molecule has 0 aromatic heterocycles. The Bertz CT molecular complexity index is 384. The molecule has 2 heteroatoms. The lowest BCUT2D eigenvalue weighted by Gasteiger charge is -2.35. The zero-order chi connectivity index (χ0) is 14.5. The van der Waals surface area contributed by atoms with E-state index in [1.165, 1.54) is 25.7 Å². The molecular formula is C18H29NO. The summed E-state index contributed by atoms with van der Waals surface area (Å²) in [5.74, 6) is 1.16. The van der Waals surface area contributed by atoms with Crippen LogP contribution >= 0.6 is 0 Å². The van der Waals surface area contributed by atoms with E-state index in [0.29, 0.717) is 6.04 Å². The van der Waals surface area contributed by atoms with Crippen LogP contribution in [0.15, 0.2) is 30.3 Å². The smallest absolute Gasteiger partial charge is 0.0827 e. The van der Waals surface area contributed by atoms with E-state index < -0.39 is 0 Å². The molecule has 1 aliphatic rings. The minimum Gasteiger partial charge on any atom is -0.388 e. The van der Waals surface area contributed by atoms with Crippen LogP contribution in [0, 0.1) is 11.8 Å². The van der Waals surface area contributed by atoms with Gasteiger partial charge in [0.2, 0.25) is 0 Å². The van der Waals surface area contributed by atoms with Crippen molar-refractivity contribution >= 4 is 0 Å². The molecule has 0 amide bonds. The number of hydrogen-bond acceptors (Lipinski definition) is 2. The maximum Gasteiger partial charge on any atom is 0.0827 e. The Hall–Kier alpha value is -0.860. The summed E-state index contributed by atoms with van der Waals surface area (Å²) in [4.78, 5) is 2.46. The van der Waals surface area contributed by atoms with Gasteiger partial charge in [-0.2, -0.15) is 0 Å². The van der Waals surface area contributed by atoms with E-state index in [-0.39, 0.29) is 12.0 Å². The molecule has 1 aromatic carbocycles. The van der Waals surface area contributed by atoms with Crippen LogP contribution in [0.3, 0.4) is 0 Å². The highest BCUT2D eigenvalue weighted by Gasteiger charge is 2.25. The van der Waals surface area contributed by atoms with Gasteiger partial charge >= 0.3 is 0 Å². The highest BCUT2D eigenvalue weighted by atomic mass is 16.3. The van der Waals surface area contributed by atoms with Gasteiger partial charge in [-0.15, -0.1) is 0 Å². The fraction of sp³-hybridized carbons (Fsp3) is 0.667. The van der Waals surface area contributed by atoms with Gasteiger partial charge in [0.25, 0.3) is 0 Å². The standard InChI is InChI=1S/C18H29NO/c1-14-9-11-17(12-10-14)19(3)13-15(2)18(20)16-7-5-4-6-8-16/h4-8,14-15,17-18,20H,9-13H2,1-3H3. The third kappa shape index (κ3) is 4.07. The first-order valence-corrected chi connectivity index (χ1v) is 8.01. The molecule has 0 radical (unpaired) electrons. The molecule has 2 unspecified atom stereocenters. The molecule has 0 spiro atoms. The number of benzene rings is 1. The number of nitrogens with zero attached hydrogens (tertiary/aromatic N) is 1. The highest BCUT2D eigenvalue weighted by molar-refractivity contribution is 5.17. The second-order valence-corrected chi connectivity index (χ2v) is 6.69. The first-order valence-electron chi connectivity index (χ1n) is 8.01. The molecule has 2 atom stereocenters. The highest BCUT2D eigenvalue weighted by Crippen LogP contribution is 2.28. The van der Waals surface area contributed by atoms with E-state index in [9.17, 15) is 5.11 Å². The summed E-state index contributed by atoms with van der Waals surface area (Å²) in [5, 5.41) is 10.5. The largest absolute Gasteiger partial charge is 0.388 e. The molecule has 0 saturated heterocycles. The van der Waals surface area contributed by atoms with Crippen LogP contribution in [0.1, 0.15) is 51.2 Å². The minimum atomic E-state index is -0.360. The van der Waals surface area contributed by atoms with Gasteiger partial charge in [-0.25, -0.2) is 0 Å². The molecule has 1 fully saturated rings. The first kappa shape index (κ1) is 15.5. The monoisotopic (exact) mass is 275 g/mol. The summed E-state index contributed by atoms with van der Waals surface area (Å²) >= 11 is 0. The molecule has 0 heterocycles. The number of aliphatic hydroxyl groups excluding tert-OH is 1. The third-order valence-electron chi connectivity index (χ3n) is 4.86. The molecule has 2 rings (SSSR count). The van der Waals surface area contributed by atoms with E-state index in [1.54, 1.807) is 0 Å². The number of hydrogen-bond donors (Lipinski definition) is 1. The second kappa shape index (κ2) is 7.24. The van der Waals surface area contributed by atoms with Crippen LogP contribution in [0.2, 0.25) is 0 Å². The van der Waals surface area contributed by atoms with Crippen LogP contribution < -0.4 is 0 Å². The SMILES string of the molecule is CC1CCC(N(C)CC(C)C(O)c2ccccc2)CC1. The molecule has 1 saturated carbocycles. The summed E-state index contributed by atoms with van der Waals surface area (Å²) in [6, 6.07) is 10.7. The Labute approximate surface area is 123 Å². The van der Waals surface area contributed by atoms with Gasteiger partial charge in [0.1, 0.15) is 0 Å². The van der Waals surface area contributed by atoms with Crippen LogP contribution in [0.5, 0.6) is 0 Å². The lowest BCUT2D eigenvalue weighted by Crippen LogP contribution is -2.38. The lowest BCUT2D eigenvalue weighted by atomic mass is 9.86. The van der Waals surface area contributed by atoms with E-state index in [0.717, 1.165) is 18.0 Å². The van der Waals surface area contributed by atoms with Crippen molar-refractivity contribution in [2.24, 2.45) is 11.8 Å². The Morgan fingerprint density at radius 1 is 1.15 bits per heavy atom. The van der Waals surface area contributed by atoms with Crippen molar-refractivity contribution in [1.29, 1.82) is 0 Å². The molecule has 0 bridgehead atoms. The predicted octanol–water partition coefficient (Wildman–Crippen LogP) is 3.87. The summed E-state index contributed by atoms with van der Waals surface area (Å²) in [7, 11) is 2.22. The first-order chi connectivity index (χ1) is 9.58. The van der Waals surface area contributed by atoms with E-state index >= 15 is 0 Å². The molecule has 20 heavy (non-hydrogen) atoms. The van der Waals surface area contributed by atoms with Crippen LogP contribution in [-0.2, 0) is 0 Å². The van der Waals surface area contributed by atoms with Gasteiger partial charge in [-0.1, -0.05) is 44.2 Å². The fourth-order valence-electron chi connectivity index (χ4n) is 3.37. The Kier molecular flexibility index (Phi) is 5.62. The summed E-state index contributed by atoms with van der Waals surface area (Å²) in [6.07, 6.45) is 4.97. The van der Waals surface area contributed by atoms with E-state index in [1.807, 2.05) is 30.3 Å². The lowest BCUT2D eigenvalue weighted by molar-refractivity contribution is 0.0730. The second-order valence-electron chi connectivity index (χ2n) is 6.69. The summed E-state index contributed by atoms with van der Waals surface area (Å²) < 4.78 is 0. The van der Waals surface area contributed by atoms with Crippen molar-refractivity contribution in [3.8, 4) is 0 Å². The van der Waals surface area contributed by atoms with Crippen molar-refractivity contribution < 1.29 is 5.11 Å². The average molecular weight is 275 g/mol. The number of rotatable bonds is 5. The third-order valence-corrected chi connectivity index (χ3v) is 4.86. The maximum absolute atomic E-state index is 10.5. The van der Waals surface area contributed by atoms with Gasteiger partial charge < -0.3 is 10.0 Å². The Balaban J connectivity index is 1.86. The maximum atomic E-state index is 10.5. The minimum absolute atomic E-state index is 0.266. The van der Waals surface area contributed by atoms with Gasteiger partial charge in [0.05, 0.1) is 6.10 Å². The molecular weight excluding hydrogens is 246 g/mol. The summed E-state index contributed by atoms with van der Waals surface area (Å²) in [6.45, 7) is 5.48.